The molecule has 0 aliphatic carbocycles. The molecule has 0 bridgehead atoms. The number of anilines is 2. The van der Waals surface area contributed by atoms with Crippen LogP contribution in [0.5, 0.6) is 0 Å². The largest absolute Gasteiger partial charge is 0.453 e. The van der Waals surface area contributed by atoms with Crippen LogP contribution >= 0.6 is 0 Å². The minimum atomic E-state index is -0.690. The molecule has 1 fully saturated rings. The number of rotatable bonds is 6. The van der Waals surface area contributed by atoms with Crippen molar-refractivity contribution in [1.82, 2.24) is 5.32 Å². The SMILES string of the molecule is COC(=O)NC(CC(C)C)C(=O)Nc1cccc(N2CCCC2=O)c1. The minimum Gasteiger partial charge on any atom is -0.453 e. The van der Waals surface area contributed by atoms with E-state index in [0.717, 1.165) is 12.1 Å². The van der Waals surface area contributed by atoms with E-state index in [2.05, 4.69) is 15.4 Å². The lowest BCUT2D eigenvalue weighted by molar-refractivity contribution is -0.118. The van der Waals surface area contributed by atoms with Gasteiger partial charge in [-0.3, -0.25) is 9.59 Å². The van der Waals surface area contributed by atoms with Crippen LogP contribution in [0.15, 0.2) is 24.3 Å². The third-order valence-electron chi connectivity index (χ3n) is 4.00. The zero-order valence-electron chi connectivity index (χ0n) is 14.9. The Bertz CT molecular complexity index is 645. The molecule has 2 rings (SSSR count). The van der Waals surface area contributed by atoms with Crippen molar-refractivity contribution in [1.29, 1.82) is 0 Å². The highest BCUT2D eigenvalue weighted by Crippen LogP contribution is 2.24. The zero-order valence-corrected chi connectivity index (χ0v) is 14.9. The monoisotopic (exact) mass is 347 g/mol. The van der Waals surface area contributed by atoms with E-state index in [9.17, 15) is 14.4 Å². The Morgan fingerprint density at radius 1 is 1.32 bits per heavy atom. The molecule has 1 aromatic rings. The zero-order chi connectivity index (χ0) is 18.4. The van der Waals surface area contributed by atoms with Gasteiger partial charge < -0.3 is 20.3 Å². The van der Waals surface area contributed by atoms with Crippen molar-refractivity contribution in [2.45, 2.75) is 39.2 Å². The van der Waals surface area contributed by atoms with Gasteiger partial charge in [0.2, 0.25) is 11.8 Å². The van der Waals surface area contributed by atoms with Gasteiger partial charge in [-0.2, -0.15) is 0 Å². The lowest BCUT2D eigenvalue weighted by Gasteiger charge is -2.20. The van der Waals surface area contributed by atoms with Gasteiger partial charge in [-0.25, -0.2) is 4.79 Å². The minimum absolute atomic E-state index is 0.0912. The second kappa shape index (κ2) is 8.50. The predicted octanol–water partition coefficient (Wildman–Crippen LogP) is 2.52. The van der Waals surface area contributed by atoms with Crippen LogP contribution in [0.2, 0.25) is 0 Å². The molecule has 0 saturated carbocycles. The van der Waals surface area contributed by atoms with Crippen molar-refractivity contribution in [2.75, 3.05) is 23.9 Å². The maximum Gasteiger partial charge on any atom is 0.407 e. The number of alkyl carbamates (subject to hydrolysis) is 1. The van der Waals surface area contributed by atoms with Crippen LogP contribution in [0.4, 0.5) is 16.2 Å². The highest BCUT2D eigenvalue weighted by Gasteiger charge is 2.24. The number of amides is 3. The molecule has 0 aromatic heterocycles. The fourth-order valence-electron chi connectivity index (χ4n) is 2.81. The molecule has 1 atom stereocenters. The summed E-state index contributed by atoms with van der Waals surface area (Å²) in [6.07, 6.45) is 1.24. The van der Waals surface area contributed by atoms with Crippen LogP contribution in [-0.2, 0) is 14.3 Å². The highest BCUT2D eigenvalue weighted by molar-refractivity contribution is 5.99. The molecule has 1 unspecified atom stereocenters. The van der Waals surface area contributed by atoms with Crippen molar-refractivity contribution in [3.05, 3.63) is 24.3 Å². The average Bonchev–Trinajstić information content (AvgIpc) is 3.00. The van der Waals surface area contributed by atoms with E-state index in [0.29, 0.717) is 25.1 Å². The van der Waals surface area contributed by atoms with E-state index in [4.69, 9.17) is 0 Å². The third-order valence-corrected chi connectivity index (χ3v) is 4.00. The maximum absolute atomic E-state index is 12.5. The van der Waals surface area contributed by atoms with Crippen LogP contribution in [0, 0.1) is 5.92 Å². The predicted molar refractivity (Wildman–Crippen MR) is 95.4 cm³/mol. The quantitative estimate of drug-likeness (QED) is 0.828. The van der Waals surface area contributed by atoms with Crippen molar-refractivity contribution in [2.24, 2.45) is 5.92 Å². The van der Waals surface area contributed by atoms with Crippen molar-refractivity contribution in [3.63, 3.8) is 0 Å². The molecule has 136 valence electrons. The second-order valence-electron chi connectivity index (χ2n) is 6.51. The number of hydrogen-bond donors (Lipinski definition) is 2. The number of carbonyl (C=O) groups is 3. The van der Waals surface area contributed by atoms with Gasteiger partial charge in [0, 0.05) is 24.3 Å². The summed E-state index contributed by atoms with van der Waals surface area (Å²) in [5.74, 6) is -0.000945. The van der Waals surface area contributed by atoms with Crippen LogP contribution in [0.3, 0.4) is 0 Å². The maximum atomic E-state index is 12.5. The van der Waals surface area contributed by atoms with E-state index in [1.54, 1.807) is 23.1 Å². The Morgan fingerprint density at radius 3 is 2.68 bits per heavy atom. The first-order chi connectivity index (χ1) is 11.9. The van der Waals surface area contributed by atoms with Gasteiger partial charge in [0.05, 0.1) is 7.11 Å². The fraction of sp³-hybridized carbons (Fsp3) is 0.500. The molecule has 1 aliphatic rings. The summed E-state index contributed by atoms with van der Waals surface area (Å²) in [5.41, 5.74) is 1.35. The first-order valence-corrected chi connectivity index (χ1v) is 8.46. The molecule has 7 nitrogen and oxygen atoms in total. The number of ether oxygens (including phenoxy) is 1. The van der Waals surface area contributed by atoms with Gasteiger partial charge >= 0.3 is 6.09 Å². The first-order valence-electron chi connectivity index (χ1n) is 8.46. The van der Waals surface area contributed by atoms with E-state index in [1.807, 2.05) is 19.9 Å². The lowest BCUT2D eigenvalue weighted by Crippen LogP contribution is -2.44. The molecule has 1 aliphatic heterocycles. The van der Waals surface area contributed by atoms with Gasteiger partial charge in [-0.05, 0) is 37.0 Å². The number of hydrogen-bond acceptors (Lipinski definition) is 4. The number of methoxy groups -OCH3 is 1. The smallest absolute Gasteiger partial charge is 0.407 e. The topological polar surface area (TPSA) is 87.7 Å². The van der Waals surface area contributed by atoms with E-state index < -0.39 is 12.1 Å². The fourth-order valence-corrected chi connectivity index (χ4v) is 2.81. The van der Waals surface area contributed by atoms with Crippen LogP contribution in [0.1, 0.15) is 33.1 Å². The molecule has 7 heteroatoms. The summed E-state index contributed by atoms with van der Waals surface area (Å²) in [4.78, 5) is 37.6. The Kier molecular flexibility index (Phi) is 6.38. The summed E-state index contributed by atoms with van der Waals surface area (Å²) in [6, 6.07) is 6.47. The Hall–Kier alpha value is -2.57. The standard InChI is InChI=1S/C18H25N3O4/c1-12(2)10-15(20-18(24)25-3)17(23)19-13-6-4-7-14(11-13)21-9-5-8-16(21)22/h4,6-7,11-12,15H,5,8-10H2,1-3H3,(H,19,23)(H,20,24). The van der Waals surface area contributed by atoms with Gasteiger partial charge in [-0.15, -0.1) is 0 Å². The summed E-state index contributed by atoms with van der Waals surface area (Å²) < 4.78 is 4.59. The molecule has 3 amide bonds. The van der Waals surface area contributed by atoms with Crippen LogP contribution < -0.4 is 15.5 Å². The molecule has 0 radical (unpaired) electrons. The van der Waals surface area contributed by atoms with E-state index >= 15 is 0 Å². The van der Waals surface area contributed by atoms with E-state index in [1.165, 1.54) is 7.11 Å². The summed E-state index contributed by atoms with van der Waals surface area (Å²) >= 11 is 0. The average molecular weight is 347 g/mol. The normalized spacial score (nSPS) is 15.2. The lowest BCUT2D eigenvalue weighted by atomic mass is 10.0. The van der Waals surface area contributed by atoms with Gasteiger partial charge in [0.25, 0.3) is 0 Å². The Labute approximate surface area is 147 Å². The highest BCUT2D eigenvalue weighted by atomic mass is 16.5. The summed E-state index contributed by atoms with van der Waals surface area (Å²) in [6.45, 7) is 4.63. The molecule has 25 heavy (non-hydrogen) atoms. The molecule has 1 saturated heterocycles. The number of nitrogens with one attached hydrogen (secondary N) is 2. The van der Waals surface area contributed by atoms with Gasteiger partial charge in [0.15, 0.2) is 0 Å². The van der Waals surface area contributed by atoms with Crippen LogP contribution in [-0.4, -0.2) is 37.6 Å². The molecule has 1 heterocycles. The number of carbonyl (C=O) groups excluding carboxylic acids is 3. The molecular formula is C18H25N3O4. The van der Waals surface area contributed by atoms with Crippen LogP contribution in [0.25, 0.3) is 0 Å². The third kappa shape index (κ3) is 5.20. The molecule has 0 spiro atoms. The number of benzene rings is 1. The summed E-state index contributed by atoms with van der Waals surface area (Å²) in [5, 5.41) is 5.37. The first kappa shape index (κ1) is 18.8. The summed E-state index contributed by atoms with van der Waals surface area (Å²) in [7, 11) is 1.26. The second-order valence-corrected chi connectivity index (χ2v) is 6.51. The van der Waals surface area contributed by atoms with Crippen molar-refractivity contribution >= 4 is 29.3 Å². The van der Waals surface area contributed by atoms with Crippen molar-refractivity contribution in [3.8, 4) is 0 Å². The van der Waals surface area contributed by atoms with Gasteiger partial charge in [0.1, 0.15) is 6.04 Å². The van der Waals surface area contributed by atoms with Gasteiger partial charge in [-0.1, -0.05) is 19.9 Å². The molecular weight excluding hydrogens is 322 g/mol. The number of nitrogens with zero attached hydrogens (tertiary/aromatic N) is 1. The Morgan fingerprint density at radius 2 is 2.08 bits per heavy atom. The molecule has 2 N–H and O–H groups in total. The molecule has 1 aromatic carbocycles. The van der Waals surface area contributed by atoms with Crippen molar-refractivity contribution < 1.29 is 19.1 Å². The Balaban J connectivity index is 2.09. The van der Waals surface area contributed by atoms with E-state index in [-0.39, 0.29) is 17.7 Å².